The summed E-state index contributed by atoms with van der Waals surface area (Å²) in [6, 6.07) is 0.0881. The number of hydrogen-bond acceptors (Lipinski definition) is 3. The molecule has 2 heterocycles. The molecule has 0 spiro atoms. The minimum atomic E-state index is 0.0881. The second-order valence-electron chi connectivity index (χ2n) is 8.25. The number of urea groups is 1. The molecule has 0 aromatic carbocycles. The van der Waals surface area contributed by atoms with Gasteiger partial charge in [0.2, 0.25) is 0 Å². The van der Waals surface area contributed by atoms with Crippen LogP contribution in [0.4, 0.5) is 4.79 Å². The molecule has 138 valence electrons. The third-order valence-corrected chi connectivity index (χ3v) is 6.15. The first-order chi connectivity index (χ1) is 11.7. The predicted octanol–water partition coefficient (Wildman–Crippen LogP) is 2.30. The van der Waals surface area contributed by atoms with Gasteiger partial charge in [-0.1, -0.05) is 19.3 Å². The molecule has 24 heavy (non-hydrogen) atoms. The van der Waals surface area contributed by atoms with Crippen molar-refractivity contribution in [3.63, 3.8) is 0 Å². The van der Waals surface area contributed by atoms with Gasteiger partial charge in [-0.15, -0.1) is 0 Å². The summed E-state index contributed by atoms with van der Waals surface area (Å²) in [5, 5.41) is 12.8. The van der Waals surface area contributed by atoms with Gasteiger partial charge < -0.3 is 20.2 Å². The Morgan fingerprint density at radius 2 is 1.67 bits per heavy atom. The summed E-state index contributed by atoms with van der Waals surface area (Å²) in [4.78, 5) is 17.1. The molecular weight excluding hydrogens is 302 g/mol. The lowest BCUT2D eigenvalue weighted by Crippen LogP contribution is -2.51. The van der Waals surface area contributed by atoms with Crippen molar-refractivity contribution in [1.82, 2.24) is 15.1 Å². The van der Waals surface area contributed by atoms with Gasteiger partial charge in [0, 0.05) is 38.7 Å². The van der Waals surface area contributed by atoms with Crippen molar-refractivity contribution in [3.05, 3.63) is 0 Å². The molecule has 0 aromatic rings. The van der Waals surface area contributed by atoms with E-state index in [2.05, 4.69) is 10.2 Å². The molecule has 2 N–H and O–H groups in total. The van der Waals surface area contributed by atoms with E-state index in [1.807, 2.05) is 4.90 Å². The van der Waals surface area contributed by atoms with E-state index in [0.29, 0.717) is 18.4 Å². The Labute approximate surface area is 146 Å². The largest absolute Gasteiger partial charge is 0.396 e. The summed E-state index contributed by atoms with van der Waals surface area (Å²) in [5.74, 6) is 1.42. The van der Waals surface area contributed by atoms with Gasteiger partial charge in [0.15, 0.2) is 0 Å². The van der Waals surface area contributed by atoms with Crippen LogP contribution in [0, 0.1) is 17.8 Å². The Morgan fingerprint density at radius 1 is 0.958 bits per heavy atom. The van der Waals surface area contributed by atoms with Crippen LogP contribution in [0.15, 0.2) is 0 Å². The molecule has 5 heteroatoms. The third-order valence-electron chi connectivity index (χ3n) is 6.15. The van der Waals surface area contributed by atoms with E-state index in [-0.39, 0.29) is 18.6 Å². The van der Waals surface area contributed by atoms with Gasteiger partial charge in [0.05, 0.1) is 0 Å². The first kappa shape index (κ1) is 18.0. The molecule has 3 aliphatic rings. The zero-order valence-corrected chi connectivity index (χ0v) is 15.1. The minimum Gasteiger partial charge on any atom is -0.396 e. The van der Waals surface area contributed by atoms with E-state index in [4.69, 9.17) is 0 Å². The number of rotatable bonds is 5. The first-order valence-corrected chi connectivity index (χ1v) is 10.1. The van der Waals surface area contributed by atoms with Crippen LogP contribution in [0.2, 0.25) is 0 Å². The molecule has 2 saturated heterocycles. The van der Waals surface area contributed by atoms with Crippen LogP contribution in [0.1, 0.15) is 51.4 Å². The SMILES string of the molecule is O=C(NCC1CCCCC1)N1CC(CO)CC(CN2CCCC2)C1. The maximum Gasteiger partial charge on any atom is 0.317 e. The molecular formula is C19H35N3O2. The van der Waals surface area contributed by atoms with Crippen LogP contribution in [-0.2, 0) is 0 Å². The van der Waals surface area contributed by atoms with Crippen LogP contribution in [0.3, 0.4) is 0 Å². The molecule has 0 bridgehead atoms. The van der Waals surface area contributed by atoms with Gasteiger partial charge in [0.25, 0.3) is 0 Å². The number of aliphatic hydroxyl groups excluding tert-OH is 1. The van der Waals surface area contributed by atoms with E-state index in [1.165, 1.54) is 58.0 Å². The molecule has 3 rings (SSSR count). The van der Waals surface area contributed by atoms with Crippen molar-refractivity contribution >= 4 is 6.03 Å². The molecule has 1 aliphatic carbocycles. The fourth-order valence-electron chi connectivity index (χ4n) is 4.81. The Balaban J connectivity index is 1.47. The molecule has 2 aliphatic heterocycles. The fourth-order valence-corrected chi connectivity index (χ4v) is 4.81. The lowest BCUT2D eigenvalue weighted by atomic mass is 9.89. The zero-order valence-electron chi connectivity index (χ0n) is 15.1. The summed E-state index contributed by atoms with van der Waals surface area (Å²) in [6.45, 7) is 6.08. The van der Waals surface area contributed by atoms with E-state index < -0.39 is 0 Å². The smallest absolute Gasteiger partial charge is 0.317 e. The number of aliphatic hydroxyl groups is 1. The fraction of sp³-hybridized carbons (Fsp3) is 0.947. The Hall–Kier alpha value is -0.810. The average molecular weight is 338 g/mol. The maximum atomic E-state index is 12.6. The van der Waals surface area contributed by atoms with Gasteiger partial charge in [-0.25, -0.2) is 4.79 Å². The Kier molecular flexibility index (Phi) is 6.78. The van der Waals surface area contributed by atoms with Gasteiger partial charge in [-0.2, -0.15) is 0 Å². The average Bonchev–Trinajstić information content (AvgIpc) is 3.13. The van der Waals surface area contributed by atoms with Crippen LogP contribution in [0.5, 0.6) is 0 Å². The second-order valence-corrected chi connectivity index (χ2v) is 8.25. The van der Waals surface area contributed by atoms with E-state index in [1.54, 1.807) is 0 Å². The van der Waals surface area contributed by atoms with Crippen LogP contribution >= 0.6 is 0 Å². The van der Waals surface area contributed by atoms with Crippen molar-refractivity contribution < 1.29 is 9.90 Å². The highest BCUT2D eigenvalue weighted by atomic mass is 16.3. The van der Waals surface area contributed by atoms with Crippen molar-refractivity contribution in [3.8, 4) is 0 Å². The van der Waals surface area contributed by atoms with Crippen molar-refractivity contribution in [2.75, 3.05) is 45.9 Å². The van der Waals surface area contributed by atoms with Crippen LogP contribution in [0.25, 0.3) is 0 Å². The number of likely N-dealkylation sites (tertiary alicyclic amines) is 2. The second kappa shape index (κ2) is 9.04. The predicted molar refractivity (Wildman–Crippen MR) is 95.9 cm³/mol. The van der Waals surface area contributed by atoms with Crippen LogP contribution in [-0.4, -0.2) is 66.8 Å². The number of carbonyl (C=O) groups excluding carboxylic acids is 1. The number of nitrogens with zero attached hydrogens (tertiary/aromatic N) is 2. The van der Waals surface area contributed by atoms with Crippen molar-refractivity contribution in [2.45, 2.75) is 51.4 Å². The van der Waals surface area contributed by atoms with Crippen molar-refractivity contribution in [1.29, 1.82) is 0 Å². The number of carbonyl (C=O) groups is 1. The monoisotopic (exact) mass is 337 g/mol. The summed E-state index contributed by atoms with van der Waals surface area (Å²) >= 11 is 0. The normalized spacial score (nSPS) is 29.8. The molecule has 2 amide bonds. The quantitative estimate of drug-likeness (QED) is 0.809. The zero-order chi connectivity index (χ0) is 16.8. The van der Waals surface area contributed by atoms with Gasteiger partial charge in [0.1, 0.15) is 0 Å². The molecule has 1 saturated carbocycles. The summed E-state index contributed by atoms with van der Waals surface area (Å²) < 4.78 is 0. The highest BCUT2D eigenvalue weighted by molar-refractivity contribution is 5.74. The van der Waals surface area contributed by atoms with E-state index in [9.17, 15) is 9.90 Å². The Morgan fingerprint density at radius 3 is 2.38 bits per heavy atom. The van der Waals surface area contributed by atoms with Crippen molar-refractivity contribution in [2.24, 2.45) is 17.8 Å². The number of hydrogen-bond donors (Lipinski definition) is 2. The highest BCUT2D eigenvalue weighted by Gasteiger charge is 2.31. The molecule has 0 radical (unpaired) electrons. The van der Waals surface area contributed by atoms with Gasteiger partial charge in [-0.05, 0) is 57.0 Å². The lowest BCUT2D eigenvalue weighted by molar-refractivity contribution is 0.0851. The number of nitrogens with one attached hydrogen (secondary N) is 1. The van der Waals surface area contributed by atoms with Gasteiger partial charge in [-0.3, -0.25) is 0 Å². The lowest BCUT2D eigenvalue weighted by Gasteiger charge is -2.39. The number of amides is 2. The molecule has 2 unspecified atom stereocenters. The Bertz CT molecular complexity index is 392. The number of piperidine rings is 1. The van der Waals surface area contributed by atoms with Gasteiger partial charge >= 0.3 is 6.03 Å². The summed E-state index contributed by atoms with van der Waals surface area (Å²) in [5.41, 5.74) is 0. The van der Waals surface area contributed by atoms with E-state index >= 15 is 0 Å². The molecule has 0 aromatic heterocycles. The maximum absolute atomic E-state index is 12.6. The standard InChI is InChI=1S/C19H35N3O2/c23-15-18-10-17(12-21-8-4-5-9-21)13-22(14-18)19(24)20-11-16-6-2-1-3-7-16/h16-18,23H,1-15H2,(H,20,24). The summed E-state index contributed by atoms with van der Waals surface area (Å²) in [6.07, 6.45) is 10.2. The molecule has 2 atom stereocenters. The third kappa shape index (κ3) is 5.09. The topological polar surface area (TPSA) is 55.8 Å². The van der Waals surface area contributed by atoms with E-state index in [0.717, 1.165) is 26.1 Å². The summed E-state index contributed by atoms with van der Waals surface area (Å²) in [7, 11) is 0. The highest BCUT2D eigenvalue weighted by Crippen LogP contribution is 2.25. The molecule has 5 nitrogen and oxygen atoms in total. The van der Waals surface area contributed by atoms with Crippen LogP contribution < -0.4 is 5.32 Å². The minimum absolute atomic E-state index is 0.0881. The molecule has 3 fully saturated rings. The first-order valence-electron chi connectivity index (χ1n) is 10.1.